The number of hydrogen-bond acceptors (Lipinski definition) is 5. The Balaban J connectivity index is 2.20. The molecule has 0 amide bonds. The molecule has 0 atom stereocenters. The van der Waals surface area contributed by atoms with Crippen LogP contribution < -0.4 is 8.92 Å². The monoisotopic (exact) mass is 346 g/mol. The van der Waals surface area contributed by atoms with E-state index in [1.54, 1.807) is 18.2 Å². The molecule has 0 spiro atoms. The molecule has 2 heterocycles. The Morgan fingerprint density at radius 2 is 1.91 bits per heavy atom. The van der Waals surface area contributed by atoms with Crippen molar-refractivity contribution in [3.05, 3.63) is 30.5 Å². The van der Waals surface area contributed by atoms with Crippen LogP contribution in [0.2, 0.25) is 0 Å². The van der Waals surface area contributed by atoms with Crippen LogP contribution >= 0.6 is 0 Å². The SMILES string of the molecule is COc1ccc2[nH]c3c(OS(=O)(=O)C(F)(F)F)nccc3c2c1. The number of ether oxygens (including phenoxy) is 1. The van der Waals surface area contributed by atoms with Gasteiger partial charge in [0.15, 0.2) is 0 Å². The number of nitrogens with one attached hydrogen (secondary N) is 1. The van der Waals surface area contributed by atoms with Crippen LogP contribution in [0, 0.1) is 0 Å². The first kappa shape index (κ1) is 15.4. The Kier molecular flexibility index (Phi) is 3.36. The number of methoxy groups -OCH3 is 1. The Hall–Kier alpha value is -2.49. The van der Waals surface area contributed by atoms with Crippen molar-refractivity contribution >= 4 is 31.9 Å². The van der Waals surface area contributed by atoms with E-state index in [0.717, 1.165) is 6.20 Å². The number of halogens is 3. The van der Waals surface area contributed by atoms with Crippen LogP contribution in [0.3, 0.4) is 0 Å². The standard InChI is InChI=1S/C13H9F3N2O4S/c1-21-7-2-3-10-9(6-7)8-4-5-17-12(11(8)18-10)22-23(19,20)13(14,15)16/h2-6,18H,1H3. The van der Waals surface area contributed by atoms with Gasteiger partial charge in [0.25, 0.3) is 5.88 Å². The molecular weight excluding hydrogens is 337 g/mol. The van der Waals surface area contributed by atoms with Crippen LogP contribution in [0.5, 0.6) is 11.6 Å². The van der Waals surface area contributed by atoms with Crippen LogP contribution in [0.25, 0.3) is 21.8 Å². The van der Waals surface area contributed by atoms with Gasteiger partial charge in [-0.15, -0.1) is 0 Å². The molecule has 10 heteroatoms. The highest BCUT2D eigenvalue weighted by molar-refractivity contribution is 7.88. The normalized spacial score (nSPS) is 12.7. The van der Waals surface area contributed by atoms with Crippen LogP contribution in [0.1, 0.15) is 0 Å². The molecule has 6 nitrogen and oxygen atoms in total. The summed E-state index contributed by atoms with van der Waals surface area (Å²) in [5.74, 6) is -0.129. The number of aromatic amines is 1. The van der Waals surface area contributed by atoms with Gasteiger partial charge < -0.3 is 13.9 Å². The second-order valence-corrected chi connectivity index (χ2v) is 6.10. The summed E-state index contributed by atoms with van der Waals surface area (Å²) >= 11 is 0. The Labute approximate surface area is 128 Å². The maximum atomic E-state index is 12.5. The quantitative estimate of drug-likeness (QED) is 0.582. The number of rotatable bonds is 3. The summed E-state index contributed by atoms with van der Waals surface area (Å²) in [7, 11) is -4.33. The largest absolute Gasteiger partial charge is 0.534 e. The Bertz CT molecular complexity index is 996. The highest BCUT2D eigenvalue weighted by Gasteiger charge is 2.49. The van der Waals surface area contributed by atoms with Crippen molar-refractivity contribution in [1.82, 2.24) is 9.97 Å². The lowest BCUT2D eigenvalue weighted by Crippen LogP contribution is -2.28. The average Bonchev–Trinajstić information content (AvgIpc) is 2.84. The molecule has 3 aromatic rings. The van der Waals surface area contributed by atoms with Crippen LogP contribution in [0.4, 0.5) is 13.2 Å². The zero-order valence-electron chi connectivity index (χ0n) is 11.5. The number of aromatic nitrogens is 2. The number of pyridine rings is 1. The van der Waals surface area contributed by atoms with Gasteiger partial charge in [-0.3, -0.25) is 0 Å². The molecule has 2 aromatic heterocycles. The lowest BCUT2D eigenvalue weighted by atomic mass is 10.2. The molecule has 0 aliphatic rings. The topological polar surface area (TPSA) is 81.3 Å². The van der Waals surface area contributed by atoms with Gasteiger partial charge in [-0.05, 0) is 24.3 Å². The zero-order chi connectivity index (χ0) is 16.8. The zero-order valence-corrected chi connectivity index (χ0v) is 12.3. The van der Waals surface area contributed by atoms with Gasteiger partial charge in [0.05, 0.1) is 7.11 Å². The van der Waals surface area contributed by atoms with Gasteiger partial charge in [-0.25, -0.2) is 4.98 Å². The highest BCUT2D eigenvalue weighted by atomic mass is 32.2. The van der Waals surface area contributed by atoms with Gasteiger partial charge in [0.2, 0.25) is 0 Å². The lowest BCUT2D eigenvalue weighted by Gasteiger charge is -2.08. The maximum Gasteiger partial charge on any atom is 0.534 e. The second kappa shape index (κ2) is 5.01. The highest BCUT2D eigenvalue weighted by Crippen LogP contribution is 2.34. The number of fused-ring (bicyclic) bond motifs is 3. The van der Waals surface area contributed by atoms with Gasteiger partial charge in [0.1, 0.15) is 11.3 Å². The molecule has 122 valence electrons. The fourth-order valence-electron chi connectivity index (χ4n) is 2.12. The Morgan fingerprint density at radius 1 is 1.17 bits per heavy atom. The summed E-state index contributed by atoms with van der Waals surface area (Å²) < 4.78 is 68.9. The second-order valence-electron chi connectivity index (χ2n) is 4.56. The van der Waals surface area contributed by atoms with Gasteiger partial charge in [-0.2, -0.15) is 21.6 Å². The van der Waals surface area contributed by atoms with Crippen LogP contribution in [-0.4, -0.2) is 31.0 Å². The number of benzene rings is 1. The number of alkyl halides is 3. The number of nitrogens with zero attached hydrogens (tertiary/aromatic N) is 1. The van der Waals surface area contributed by atoms with Crippen molar-refractivity contribution in [1.29, 1.82) is 0 Å². The molecule has 0 aliphatic heterocycles. The minimum atomic E-state index is -5.80. The summed E-state index contributed by atoms with van der Waals surface area (Å²) in [6, 6.07) is 6.49. The third-order valence-electron chi connectivity index (χ3n) is 3.16. The van der Waals surface area contributed by atoms with Crippen LogP contribution in [-0.2, 0) is 10.1 Å². The number of hydrogen-bond donors (Lipinski definition) is 1. The molecule has 0 aliphatic carbocycles. The average molecular weight is 346 g/mol. The summed E-state index contributed by atoms with van der Waals surface area (Å²) in [5.41, 5.74) is -4.92. The van der Waals surface area contributed by atoms with E-state index in [4.69, 9.17) is 4.74 Å². The number of H-pyrrole nitrogens is 1. The molecule has 0 saturated heterocycles. The molecule has 23 heavy (non-hydrogen) atoms. The van der Waals surface area contributed by atoms with Crippen molar-refractivity contribution in [2.45, 2.75) is 5.51 Å². The molecule has 1 aromatic carbocycles. The summed E-state index contributed by atoms with van der Waals surface area (Å²) in [5, 5.41) is 1.09. The first-order chi connectivity index (χ1) is 10.7. The predicted octanol–water partition coefficient (Wildman–Crippen LogP) is 2.95. The first-order valence-electron chi connectivity index (χ1n) is 6.18. The van der Waals surface area contributed by atoms with Crippen molar-refractivity contribution in [2.75, 3.05) is 7.11 Å². The third-order valence-corrected chi connectivity index (χ3v) is 4.11. The van der Waals surface area contributed by atoms with E-state index >= 15 is 0 Å². The van der Waals surface area contributed by atoms with Crippen molar-refractivity contribution < 1.29 is 30.5 Å². The molecule has 0 fully saturated rings. The van der Waals surface area contributed by atoms with Gasteiger partial charge in [0, 0.05) is 22.5 Å². The van der Waals surface area contributed by atoms with Gasteiger partial charge in [-0.1, -0.05) is 0 Å². The van der Waals surface area contributed by atoms with E-state index < -0.39 is 21.5 Å². The minimum absolute atomic E-state index is 0.0450. The molecule has 1 N–H and O–H groups in total. The molecule has 0 radical (unpaired) electrons. The van der Waals surface area contributed by atoms with E-state index in [-0.39, 0.29) is 5.52 Å². The Morgan fingerprint density at radius 3 is 2.57 bits per heavy atom. The van der Waals surface area contributed by atoms with Gasteiger partial charge >= 0.3 is 15.6 Å². The molecule has 0 unspecified atom stereocenters. The maximum absolute atomic E-state index is 12.5. The van der Waals surface area contributed by atoms with Crippen molar-refractivity contribution in [3.63, 3.8) is 0 Å². The summed E-state index contributed by atoms with van der Waals surface area (Å²) in [6.45, 7) is 0. The first-order valence-corrected chi connectivity index (χ1v) is 7.59. The summed E-state index contributed by atoms with van der Waals surface area (Å²) in [6.07, 6.45) is 1.16. The van der Waals surface area contributed by atoms with E-state index in [2.05, 4.69) is 14.2 Å². The molecule has 0 saturated carbocycles. The fraction of sp³-hybridized carbons (Fsp3) is 0.154. The van der Waals surface area contributed by atoms with E-state index in [9.17, 15) is 21.6 Å². The van der Waals surface area contributed by atoms with E-state index in [1.165, 1.54) is 13.2 Å². The van der Waals surface area contributed by atoms with E-state index in [1.807, 2.05) is 0 Å². The summed E-state index contributed by atoms with van der Waals surface area (Å²) in [4.78, 5) is 6.38. The van der Waals surface area contributed by atoms with Crippen molar-refractivity contribution in [3.8, 4) is 11.6 Å². The molecule has 0 bridgehead atoms. The molecule has 3 rings (SSSR count). The van der Waals surface area contributed by atoms with Crippen LogP contribution in [0.15, 0.2) is 30.5 Å². The lowest BCUT2D eigenvalue weighted by molar-refractivity contribution is -0.0500. The third kappa shape index (κ3) is 2.54. The predicted molar refractivity (Wildman–Crippen MR) is 75.8 cm³/mol. The molecular formula is C13H9F3N2O4S. The van der Waals surface area contributed by atoms with Crippen molar-refractivity contribution in [2.24, 2.45) is 0 Å². The smallest absolute Gasteiger partial charge is 0.497 e. The fourth-order valence-corrected chi connectivity index (χ4v) is 2.55. The minimum Gasteiger partial charge on any atom is -0.497 e. The van der Waals surface area contributed by atoms with E-state index in [0.29, 0.717) is 22.0 Å².